The number of amides is 2. The molecular formula is C20H19N5O4S. The molecule has 2 amide bonds. The highest BCUT2D eigenvalue weighted by Gasteiger charge is 2.16. The molecule has 10 heteroatoms. The maximum atomic E-state index is 12.5. The van der Waals surface area contributed by atoms with Gasteiger partial charge in [-0.3, -0.25) is 9.59 Å². The van der Waals surface area contributed by atoms with Crippen molar-refractivity contribution in [1.82, 2.24) is 9.97 Å². The van der Waals surface area contributed by atoms with Crippen LogP contribution >= 0.6 is 0 Å². The second-order valence-electron chi connectivity index (χ2n) is 6.14. The quantitative estimate of drug-likeness (QED) is 0.534. The lowest BCUT2D eigenvalue weighted by atomic mass is 10.1. The van der Waals surface area contributed by atoms with Gasteiger partial charge in [0.2, 0.25) is 11.9 Å². The Labute approximate surface area is 173 Å². The minimum atomic E-state index is -3.86. The van der Waals surface area contributed by atoms with Gasteiger partial charge in [0.15, 0.2) is 0 Å². The van der Waals surface area contributed by atoms with Crippen LogP contribution in [0.4, 0.5) is 17.3 Å². The summed E-state index contributed by atoms with van der Waals surface area (Å²) in [6.07, 6.45) is 3.18. The van der Waals surface area contributed by atoms with E-state index in [4.69, 9.17) is 0 Å². The molecule has 1 aromatic heterocycles. The first-order chi connectivity index (χ1) is 14.4. The number of aromatic nitrogens is 2. The van der Waals surface area contributed by atoms with Crippen molar-refractivity contribution >= 4 is 39.2 Å². The molecule has 0 aliphatic heterocycles. The highest BCUT2D eigenvalue weighted by Crippen LogP contribution is 2.18. The van der Waals surface area contributed by atoms with Crippen molar-refractivity contribution in [2.24, 2.45) is 0 Å². The number of benzene rings is 2. The van der Waals surface area contributed by atoms with E-state index < -0.39 is 15.9 Å². The number of rotatable bonds is 7. The van der Waals surface area contributed by atoms with Crippen LogP contribution in [-0.2, 0) is 14.8 Å². The van der Waals surface area contributed by atoms with Crippen molar-refractivity contribution in [2.45, 2.75) is 18.2 Å². The number of sulfonamides is 1. The van der Waals surface area contributed by atoms with Crippen LogP contribution in [0.2, 0.25) is 0 Å². The number of nitrogens with one attached hydrogen (secondary N) is 3. The largest absolute Gasteiger partial charge is 0.326 e. The van der Waals surface area contributed by atoms with Gasteiger partial charge in [0.1, 0.15) is 0 Å². The molecule has 0 fully saturated rings. The molecule has 0 aliphatic carbocycles. The predicted octanol–water partition coefficient (Wildman–Crippen LogP) is 2.88. The first-order valence-corrected chi connectivity index (χ1v) is 10.5. The van der Waals surface area contributed by atoms with Gasteiger partial charge in [-0.2, -0.15) is 0 Å². The van der Waals surface area contributed by atoms with E-state index in [1.807, 2.05) is 0 Å². The third kappa shape index (κ3) is 5.39. The lowest BCUT2D eigenvalue weighted by Crippen LogP contribution is -2.16. The van der Waals surface area contributed by atoms with Crippen molar-refractivity contribution in [1.29, 1.82) is 0 Å². The van der Waals surface area contributed by atoms with Gasteiger partial charge in [-0.25, -0.2) is 23.1 Å². The molecule has 0 atom stereocenters. The predicted molar refractivity (Wildman–Crippen MR) is 113 cm³/mol. The fourth-order valence-corrected chi connectivity index (χ4v) is 3.40. The van der Waals surface area contributed by atoms with Gasteiger partial charge in [0.05, 0.1) is 4.90 Å². The van der Waals surface area contributed by atoms with Gasteiger partial charge < -0.3 is 10.6 Å². The number of carbonyl (C=O) groups is 2. The fourth-order valence-electron chi connectivity index (χ4n) is 2.44. The molecule has 3 N–H and O–H groups in total. The second-order valence-corrected chi connectivity index (χ2v) is 7.82. The lowest BCUT2D eigenvalue weighted by Gasteiger charge is -2.09. The smallest absolute Gasteiger partial charge is 0.264 e. The van der Waals surface area contributed by atoms with E-state index in [1.54, 1.807) is 37.3 Å². The van der Waals surface area contributed by atoms with E-state index in [1.165, 1.54) is 36.7 Å². The van der Waals surface area contributed by atoms with Crippen LogP contribution in [0.25, 0.3) is 0 Å². The van der Waals surface area contributed by atoms with Crippen molar-refractivity contribution in [3.63, 3.8) is 0 Å². The standard InChI is InChI=1S/C20H19N5O4S/c1-2-18(26)23-16-6-3-5-14(13-16)19(27)24-15-7-9-17(10-8-15)30(28,29)25-20-21-11-4-12-22-20/h3-13H,2H2,1H3,(H,23,26)(H,24,27)(H,21,22,25). The Bertz CT molecular complexity index is 1150. The van der Waals surface area contributed by atoms with E-state index >= 15 is 0 Å². The molecule has 0 bridgehead atoms. The fraction of sp³-hybridized carbons (Fsp3) is 0.100. The zero-order valence-corrected chi connectivity index (χ0v) is 16.8. The monoisotopic (exact) mass is 425 g/mol. The van der Waals surface area contributed by atoms with E-state index in [-0.39, 0.29) is 16.8 Å². The number of anilines is 3. The first kappa shape index (κ1) is 20.9. The summed E-state index contributed by atoms with van der Waals surface area (Å²) < 4.78 is 27.1. The number of nitrogens with zero attached hydrogens (tertiary/aromatic N) is 2. The zero-order valence-electron chi connectivity index (χ0n) is 16.0. The summed E-state index contributed by atoms with van der Waals surface area (Å²) in [4.78, 5) is 31.6. The van der Waals surface area contributed by atoms with E-state index in [0.29, 0.717) is 23.4 Å². The number of hydrogen-bond acceptors (Lipinski definition) is 6. The van der Waals surface area contributed by atoms with Crippen molar-refractivity contribution < 1.29 is 18.0 Å². The van der Waals surface area contributed by atoms with Crippen molar-refractivity contribution in [3.05, 3.63) is 72.6 Å². The van der Waals surface area contributed by atoms with Crippen LogP contribution in [0.3, 0.4) is 0 Å². The summed E-state index contributed by atoms with van der Waals surface area (Å²) in [5.41, 5.74) is 1.28. The maximum Gasteiger partial charge on any atom is 0.264 e. The third-order valence-corrected chi connectivity index (χ3v) is 5.29. The molecule has 0 saturated heterocycles. The molecule has 0 unspecified atom stereocenters. The highest BCUT2D eigenvalue weighted by atomic mass is 32.2. The Kier molecular flexibility index (Phi) is 6.38. The van der Waals surface area contributed by atoms with Gasteiger partial charge in [-0.1, -0.05) is 13.0 Å². The van der Waals surface area contributed by atoms with Crippen LogP contribution < -0.4 is 15.4 Å². The van der Waals surface area contributed by atoms with Gasteiger partial charge in [0, 0.05) is 35.8 Å². The van der Waals surface area contributed by atoms with Crippen molar-refractivity contribution in [2.75, 3.05) is 15.4 Å². The molecular weight excluding hydrogens is 406 g/mol. The van der Waals surface area contributed by atoms with Crippen LogP contribution in [-0.4, -0.2) is 30.2 Å². The summed E-state index contributed by atoms with van der Waals surface area (Å²) in [6, 6.07) is 13.8. The molecule has 0 spiro atoms. The highest BCUT2D eigenvalue weighted by molar-refractivity contribution is 7.92. The van der Waals surface area contributed by atoms with Crippen LogP contribution in [0.15, 0.2) is 71.9 Å². The molecule has 0 radical (unpaired) electrons. The molecule has 154 valence electrons. The molecule has 2 aromatic carbocycles. The number of hydrogen-bond donors (Lipinski definition) is 3. The molecule has 1 heterocycles. The topological polar surface area (TPSA) is 130 Å². The summed E-state index contributed by atoms with van der Waals surface area (Å²) >= 11 is 0. The Balaban J connectivity index is 1.69. The molecule has 3 rings (SSSR count). The molecule has 0 aliphatic rings. The summed E-state index contributed by atoms with van der Waals surface area (Å²) in [5.74, 6) is -0.585. The maximum absolute atomic E-state index is 12.5. The Morgan fingerprint density at radius 1 is 0.900 bits per heavy atom. The lowest BCUT2D eigenvalue weighted by molar-refractivity contribution is -0.115. The third-order valence-electron chi connectivity index (χ3n) is 3.94. The van der Waals surface area contributed by atoms with Gasteiger partial charge in [-0.15, -0.1) is 0 Å². The molecule has 0 saturated carbocycles. The van der Waals surface area contributed by atoms with E-state index in [9.17, 15) is 18.0 Å². The average molecular weight is 425 g/mol. The summed E-state index contributed by atoms with van der Waals surface area (Å²) in [5, 5.41) is 5.38. The minimum absolute atomic E-state index is 0.00257. The Hall–Kier alpha value is -3.79. The number of carbonyl (C=O) groups excluding carboxylic acids is 2. The molecule has 30 heavy (non-hydrogen) atoms. The molecule has 3 aromatic rings. The van der Waals surface area contributed by atoms with Gasteiger partial charge >= 0.3 is 0 Å². The summed E-state index contributed by atoms with van der Waals surface area (Å²) in [6.45, 7) is 1.73. The van der Waals surface area contributed by atoms with Crippen molar-refractivity contribution in [3.8, 4) is 0 Å². The van der Waals surface area contributed by atoms with E-state index in [0.717, 1.165) is 0 Å². The van der Waals surface area contributed by atoms with Gasteiger partial charge in [0.25, 0.3) is 15.9 Å². The van der Waals surface area contributed by atoms with Crippen LogP contribution in [0.5, 0.6) is 0 Å². The summed E-state index contributed by atoms with van der Waals surface area (Å²) in [7, 11) is -3.86. The second kappa shape index (κ2) is 9.14. The first-order valence-electron chi connectivity index (χ1n) is 8.98. The zero-order chi connectivity index (χ0) is 21.6. The minimum Gasteiger partial charge on any atom is -0.326 e. The Morgan fingerprint density at radius 3 is 2.27 bits per heavy atom. The average Bonchev–Trinajstić information content (AvgIpc) is 2.74. The van der Waals surface area contributed by atoms with Crippen LogP contribution in [0.1, 0.15) is 23.7 Å². The molecule has 9 nitrogen and oxygen atoms in total. The normalized spacial score (nSPS) is 10.8. The van der Waals surface area contributed by atoms with Gasteiger partial charge in [-0.05, 0) is 48.5 Å². The van der Waals surface area contributed by atoms with Crippen LogP contribution in [0, 0.1) is 0 Å². The SMILES string of the molecule is CCC(=O)Nc1cccc(C(=O)Nc2ccc(S(=O)(=O)Nc3ncccn3)cc2)c1. The Morgan fingerprint density at radius 2 is 1.60 bits per heavy atom. The van der Waals surface area contributed by atoms with E-state index in [2.05, 4.69) is 25.3 Å².